The van der Waals surface area contributed by atoms with Gasteiger partial charge in [-0.3, -0.25) is 4.57 Å². The SMILES string of the molecule is CCS(=O)(=O)c1ccccc1NCCn1c(=O)[nH]c2ccccc21. The molecule has 0 aliphatic heterocycles. The molecular formula is C17H19N3O3S. The highest BCUT2D eigenvalue weighted by molar-refractivity contribution is 7.91. The van der Waals surface area contributed by atoms with Gasteiger partial charge in [0, 0.05) is 13.1 Å². The van der Waals surface area contributed by atoms with Crippen LogP contribution in [0.3, 0.4) is 0 Å². The summed E-state index contributed by atoms with van der Waals surface area (Å²) in [5.74, 6) is 0.0492. The number of nitrogens with one attached hydrogen (secondary N) is 2. The number of imidazole rings is 1. The molecule has 3 rings (SSSR count). The minimum atomic E-state index is -3.29. The number of nitrogens with zero attached hydrogens (tertiary/aromatic N) is 1. The van der Waals surface area contributed by atoms with Crippen LogP contribution in [0.1, 0.15) is 6.92 Å². The van der Waals surface area contributed by atoms with Crippen molar-refractivity contribution in [1.82, 2.24) is 9.55 Å². The third-order valence-electron chi connectivity index (χ3n) is 3.93. The predicted octanol–water partition coefficient (Wildman–Crippen LogP) is 2.24. The van der Waals surface area contributed by atoms with Crippen LogP contribution in [0.2, 0.25) is 0 Å². The summed E-state index contributed by atoms with van der Waals surface area (Å²) in [5, 5.41) is 3.13. The van der Waals surface area contributed by atoms with Gasteiger partial charge in [0.2, 0.25) is 0 Å². The van der Waals surface area contributed by atoms with Crippen LogP contribution in [-0.2, 0) is 16.4 Å². The lowest BCUT2D eigenvalue weighted by Crippen LogP contribution is -2.21. The smallest absolute Gasteiger partial charge is 0.326 e. The van der Waals surface area contributed by atoms with E-state index in [1.807, 2.05) is 24.3 Å². The number of rotatable bonds is 6. The highest BCUT2D eigenvalue weighted by Crippen LogP contribution is 2.21. The average molecular weight is 345 g/mol. The molecule has 0 atom stereocenters. The van der Waals surface area contributed by atoms with E-state index in [-0.39, 0.29) is 11.4 Å². The molecule has 0 aliphatic rings. The Hall–Kier alpha value is -2.54. The second-order valence-electron chi connectivity index (χ2n) is 5.43. The van der Waals surface area contributed by atoms with E-state index in [4.69, 9.17) is 0 Å². The summed E-state index contributed by atoms with van der Waals surface area (Å²) in [5.41, 5.74) is 2.01. The normalized spacial score (nSPS) is 11.7. The number of hydrogen-bond donors (Lipinski definition) is 2. The van der Waals surface area contributed by atoms with Crippen LogP contribution in [0, 0.1) is 0 Å². The van der Waals surface area contributed by atoms with Gasteiger partial charge in [0.05, 0.1) is 27.4 Å². The highest BCUT2D eigenvalue weighted by Gasteiger charge is 2.15. The molecule has 126 valence electrons. The van der Waals surface area contributed by atoms with Crippen LogP contribution < -0.4 is 11.0 Å². The van der Waals surface area contributed by atoms with Gasteiger partial charge in [-0.2, -0.15) is 0 Å². The van der Waals surface area contributed by atoms with Crippen LogP contribution in [0.5, 0.6) is 0 Å². The molecule has 6 nitrogen and oxygen atoms in total. The zero-order valence-corrected chi connectivity index (χ0v) is 14.1. The summed E-state index contributed by atoms with van der Waals surface area (Å²) < 4.78 is 25.9. The van der Waals surface area contributed by atoms with Gasteiger partial charge < -0.3 is 10.3 Å². The van der Waals surface area contributed by atoms with Gasteiger partial charge in [-0.15, -0.1) is 0 Å². The number of fused-ring (bicyclic) bond motifs is 1. The van der Waals surface area contributed by atoms with Crippen molar-refractivity contribution in [3.8, 4) is 0 Å². The lowest BCUT2D eigenvalue weighted by molar-refractivity contribution is 0.597. The number of H-pyrrole nitrogens is 1. The number of anilines is 1. The number of aromatic amines is 1. The van der Waals surface area contributed by atoms with Crippen molar-refractivity contribution in [2.24, 2.45) is 0 Å². The lowest BCUT2D eigenvalue weighted by atomic mass is 10.3. The quantitative estimate of drug-likeness (QED) is 0.717. The second-order valence-corrected chi connectivity index (χ2v) is 7.67. The van der Waals surface area contributed by atoms with Gasteiger partial charge in [-0.05, 0) is 24.3 Å². The first kappa shape index (κ1) is 16.3. The maximum Gasteiger partial charge on any atom is 0.326 e. The summed E-state index contributed by atoms with van der Waals surface area (Å²) in [6.45, 7) is 2.50. The summed E-state index contributed by atoms with van der Waals surface area (Å²) in [7, 11) is -3.29. The van der Waals surface area contributed by atoms with E-state index in [9.17, 15) is 13.2 Å². The third-order valence-corrected chi connectivity index (χ3v) is 5.72. The standard InChI is InChI=1S/C17H19N3O3S/c1-2-24(22,23)16-10-6-4-8-14(16)18-11-12-20-15-9-5-3-7-13(15)19-17(20)21/h3-10,18H,2,11-12H2,1H3,(H,19,21). The molecule has 0 saturated carbocycles. The van der Waals surface area contributed by atoms with E-state index in [1.54, 1.807) is 35.8 Å². The van der Waals surface area contributed by atoms with E-state index in [2.05, 4.69) is 10.3 Å². The number of para-hydroxylation sites is 3. The molecule has 2 N–H and O–H groups in total. The molecule has 1 heterocycles. The molecule has 0 spiro atoms. The first-order chi connectivity index (χ1) is 11.5. The van der Waals surface area contributed by atoms with Gasteiger partial charge >= 0.3 is 5.69 Å². The van der Waals surface area contributed by atoms with E-state index < -0.39 is 9.84 Å². The van der Waals surface area contributed by atoms with E-state index in [0.717, 1.165) is 11.0 Å². The van der Waals surface area contributed by atoms with E-state index in [0.29, 0.717) is 23.7 Å². The molecule has 3 aromatic rings. The van der Waals surface area contributed by atoms with Gasteiger partial charge in [0.25, 0.3) is 0 Å². The third kappa shape index (κ3) is 3.07. The summed E-state index contributed by atoms with van der Waals surface area (Å²) in [6.07, 6.45) is 0. The monoisotopic (exact) mass is 345 g/mol. The van der Waals surface area contributed by atoms with Crippen LogP contribution in [0.4, 0.5) is 5.69 Å². The minimum absolute atomic E-state index is 0.0492. The van der Waals surface area contributed by atoms with Gasteiger partial charge in [-0.25, -0.2) is 13.2 Å². The zero-order chi connectivity index (χ0) is 17.2. The van der Waals surface area contributed by atoms with Crippen molar-refractivity contribution in [3.05, 3.63) is 59.0 Å². The topological polar surface area (TPSA) is 84.0 Å². The van der Waals surface area contributed by atoms with Gasteiger partial charge in [0.1, 0.15) is 0 Å². The fourth-order valence-electron chi connectivity index (χ4n) is 2.67. The van der Waals surface area contributed by atoms with E-state index >= 15 is 0 Å². The van der Waals surface area contributed by atoms with E-state index in [1.165, 1.54) is 0 Å². The Labute approximate surface area is 140 Å². The molecule has 2 aromatic carbocycles. The Balaban J connectivity index is 1.80. The summed E-state index contributed by atoms with van der Waals surface area (Å²) >= 11 is 0. The van der Waals surface area contributed by atoms with Crippen molar-refractivity contribution in [2.45, 2.75) is 18.4 Å². The fourth-order valence-corrected chi connectivity index (χ4v) is 3.74. The molecule has 24 heavy (non-hydrogen) atoms. The average Bonchev–Trinajstić information content (AvgIpc) is 2.91. The molecule has 0 saturated heterocycles. The zero-order valence-electron chi connectivity index (χ0n) is 13.3. The summed E-state index contributed by atoms with van der Waals surface area (Å²) in [6, 6.07) is 14.3. The molecule has 0 radical (unpaired) electrons. The Bertz CT molecular complexity index is 1020. The van der Waals surface area contributed by atoms with Crippen molar-refractivity contribution in [3.63, 3.8) is 0 Å². The van der Waals surface area contributed by atoms with Crippen molar-refractivity contribution < 1.29 is 8.42 Å². The highest BCUT2D eigenvalue weighted by atomic mass is 32.2. The Morgan fingerprint density at radius 2 is 1.79 bits per heavy atom. The number of benzene rings is 2. The second kappa shape index (κ2) is 6.52. The lowest BCUT2D eigenvalue weighted by Gasteiger charge is -2.12. The maximum absolute atomic E-state index is 12.1. The summed E-state index contributed by atoms with van der Waals surface area (Å²) in [4.78, 5) is 15.1. The number of sulfone groups is 1. The molecule has 0 fully saturated rings. The Morgan fingerprint density at radius 3 is 2.58 bits per heavy atom. The molecule has 0 amide bonds. The minimum Gasteiger partial charge on any atom is -0.382 e. The number of aromatic nitrogens is 2. The van der Waals surface area contributed by atoms with Crippen LogP contribution in [0.15, 0.2) is 58.2 Å². The molecule has 7 heteroatoms. The largest absolute Gasteiger partial charge is 0.382 e. The van der Waals surface area contributed by atoms with Gasteiger partial charge in [-0.1, -0.05) is 31.2 Å². The van der Waals surface area contributed by atoms with Crippen molar-refractivity contribution in [1.29, 1.82) is 0 Å². The van der Waals surface area contributed by atoms with Crippen LogP contribution >= 0.6 is 0 Å². The van der Waals surface area contributed by atoms with Crippen LogP contribution in [0.25, 0.3) is 11.0 Å². The van der Waals surface area contributed by atoms with Gasteiger partial charge in [0.15, 0.2) is 9.84 Å². The Kier molecular flexibility index (Phi) is 4.44. The molecular weight excluding hydrogens is 326 g/mol. The Morgan fingerprint density at radius 1 is 1.08 bits per heavy atom. The first-order valence-electron chi connectivity index (χ1n) is 7.76. The maximum atomic E-state index is 12.1. The van der Waals surface area contributed by atoms with Crippen LogP contribution in [-0.4, -0.2) is 30.3 Å². The van der Waals surface area contributed by atoms with Crippen molar-refractivity contribution >= 4 is 26.6 Å². The predicted molar refractivity (Wildman–Crippen MR) is 95.2 cm³/mol. The molecule has 0 unspecified atom stereocenters. The first-order valence-corrected chi connectivity index (χ1v) is 9.41. The molecule has 0 bridgehead atoms. The molecule has 0 aliphatic carbocycles. The fraction of sp³-hybridized carbons (Fsp3) is 0.235. The number of hydrogen-bond acceptors (Lipinski definition) is 4. The molecule has 1 aromatic heterocycles. The van der Waals surface area contributed by atoms with Crippen molar-refractivity contribution in [2.75, 3.05) is 17.6 Å².